The summed E-state index contributed by atoms with van der Waals surface area (Å²) in [5.41, 5.74) is 5.34. The fourth-order valence-electron chi connectivity index (χ4n) is 2.55. The van der Waals surface area contributed by atoms with Crippen molar-refractivity contribution in [1.82, 2.24) is 9.21 Å². The van der Waals surface area contributed by atoms with Crippen LogP contribution in [0.3, 0.4) is 0 Å². The molecule has 0 unspecified atom stereocenters. The zero-order chi connectivity index (χ0) is 16.7. The molecule has 1 fully saturated rings. The van der Waals surface area contributed by atoms with Crippen molar-refractivity contribution >= 4 is 33.2 Å². The van der Waals surface area contributed by atoms with E-state index in [2.05, 4.69) is 0 Å². The Labute approximate surface area is 133 Å². The number of piperazine rings is 1. The third kappa shape index (κ3) is 3.34. The highest BCUT2D eigenvalue weighted by atomic mass is 35.5. The number of sulfonamides is 1. The van der Waals surface area contributed by atoms with Crippen LogP contribution in [0.1, 0.15) is 17.3 Å². The summed E-state index contributed by atoms with van der Waals surface area (Å²) in [5, 5.41) is 0.0814. The van der Waals surface area contributed by atoms with Gasteiger partial charge in [0, 0.05) is 30.7 Å². The number of carbonyl (C=O) groups excluding carboxylic acids is 1. The van der Waals surface area contributed by atoms with E-state index in [-0.39, 0.29) is 41.9 Å². The van der Waals surface area contributed by atoms with Crippen molar-refractivity contribution in [2.45, 2.75) is 13.0 Å². The van der Waals surface area contributed by atoms with Gasteiger partial charge in [0.15, 0.2) is 0 Å². The molecule has 0 aromatic heterocycles. The van der Waals surface area contributed by atoms with Gasteiger partial charge in [-0.1, -0.05) is 11.6 Å². The second kappa shape index (κ2) is 6.02. The highest BCUT2D eigenvalue weighted by Crippen LogP contribution is 2.24. The second-order valence-corrected chi connectivity index (χ2v) is 7.69. The maximum atomic E-state index is 13.6. The molecule has 1 amide bonds. The number of amides is 1. The zero-order valence-electron chi connectivity index (χ0n) is 12.2. The summed E-state index contributed by atoms with van der Waals surface area (Å²) in [6.45, 7) is 2.32. The number of hydrogen-bond acceptors (Lipinski definition) is 4. The Morgan fingerprint density at radius 3 is 2.59 bits per heavy atom. The number of carbonyl (C=O) groups is 1. The van der Waals surface area contributed by atoms with Gasteiger partial charge in [-0.3, -0.25) is 4.79 Å². The molecule has 9 heteroatoms. The molecule has 1 aromatic rings. The average Bonchev–Trinajstić information content (AvgIpc) is 2.40. The van der Waals surface area contributed by atoms with Crippen LogP contribution in [-0.4, -0.2) is 55.5 Å². The lowest BCUT2D eigenvalue weighted by Crippen LogP contribution is -2.55. The van der Waals surface area contributed by atoms with Gasteiger partial charge in [-0.25, -0.2) is 12.8 Å². The summed E-state index contributed by atoms with van der Waals surface area (Å²) in [4.78, 5) is 13.9. The fourth-order valence-corrected chi connectivity index (χ4v) is 3.89. The molecule has 1 heterocycles. The van der Waals surface area contributed by atoms with Crippen LogP contribution in [0.2, 0.25) is 5.02 Å². The van der Waals surface area contributed by atoms with Crippen molar-refractivity contribution in [2.75, 3.05) is 31.6 Å². The summed E-state index contributed by atoms with van der Waals surface area (Å²) in [6, 6.07) is 1.99. The molecule has 2 rings (SSSR count). The SMILES string of the molecule is C[C@H]1CN(C(=O)c2cc(Cl)cc(F)c2N)CCN1S(C)(=O)=O. The van der Waals surface area contributed by atoms with Crippen molar-refractivity contribution in [3.05, 3.63) is 28.5 Å². The van der Waals surface area contributed by atoms with Crippen LogP contribution in [0, 0.1) is 5.82 Å². The number of hydrogen-bond donors (Lipinski definition) is 1. The monoisotopic (exact) mass is 349 g/mol. The van der Waals surface area contributed by atoms with Crippen LogP contribution in [0.5, 0.6) is 0 Å². The summed E-state index contributed by atoms with van der Waals surface area (Å²) in [5.74, 6) is -1.21. The third-order valence-corrected chi connectivity index (χ3v) is 5.22. The van der Waals surface area contributed by atoms with E-state index < -0.39 is 21.7 Å². The van der Waals surface area contributed by atoms with E-state index in [0.717, 1.165) is 12.3 Å². The summed E-state index contributed by atoms with van der Waals surface area (Å²) in [7, 11) is -3.32. The Morgan fingerprint density at radius 1 is 1.41 bits per heavy atom. The minimum Gasteiger partial charge on any atom is -0.396 e. The molecule has 0 radical (unpaired) electrons. The van der Waals surface area contributed by atoms with Crippen LogP contribution < -0.4 is 5.73 Å². The Balaban J connectivity index is 2.23. The molecular formula is C13H17ClFN3O3S. The van der Waals surface area contributed by atoms with Crippen LogP contribution >= 0.6 is 11.6 Å². The minimum absolute atomic E-state index is 0.00925. The van der Waals surface area contributed by atoms with Crippen LogP contribution in [0.4, 0.5) is 10.1 Å². The van der Waals surface area contributed by atoms with Crippen molar-refractivity contribution < 1.29 is 17.6 Å². The zero-order valence-corrected chi connectivity index (χ0v) is 13.8. The summed E-state index contributed by atoms with van der Waals surface area (Å²) < 4.78 is 38.2. The molecular weight excluding hydrogens is 333 g/mol. The standard InChI is InChI=1S/C13H17ClFN3O3S/c1-8-7-17(3-4-18(8)22(2,20)21)13(19)10-5-9(14)6-11(15)12(10)16/h5-6,8H,3-4,7,16H2,1-2H3/t8-/m0/s1. The highest BCUT2D eigenvalue weighted by molar-refractivity contribution is 7.88. The van der Waals surface area contributed by atoms with Crippen molar-refractivity contribution in [2.24, 2.45) is 0 Å². The molecule has 122 valence electrons. The quantitative estimate of drug-likeness (QED) is 0.812. The largest absolute Gasteiger partial charge is 0.396 e. The number of rotatable bonds is 2. The number of benzene rings is 1. The van der Waals surface area contributed by atoms with Gasteiger partial charge in [0.1, 0.15) is 5.82 Å². The van der Waals surface area contributed by atoms with E-state index in [9.17, 15) is 17.6 Å². The molecule has 1 saturated heterocycles. The van der Waals surface area contributed by atoms with Gasteiger partial charge < -0.3 is 10.6 Å². The lowest BCUT2D eigenvalue weighted by atomic mass is 10.1. The van der Waals surface area contributed by atoms with Gasteiger partial charge in [0.2, 0.25) is 10.0 Å². The number of nitrogens with zero attached hydrogens (tertiary/aromatic N) is 2. The van der Waals surface area contributed by atoms with E-state index in [1.807, 2.05) is 0 Å². The van der Waals surface area contributed by atoms with Crippen molar-refractivity contribution in [1.29, 1.82) is 0 Å². The van der Waals surface area contributed by atoms with Crippen molar-refractivity contribution in [3.8, 4) is 0 Å². The second-order valence-electron chi connectivity index (χ2n) is 5.32. The molecule has 0 spiro atoms. The Kier molecular flexibility index (Phi) is 4.65. The first-order valence-corrected chi connectivity index (χ1v) is 8.84. The summed E-state index contributed by atoms with van der Waals surface area (Å²) in [6.07, 6.45) is 1.13. The normalized spacial score (nSPS) is 20.2. The number of nitrogens with two attached hydrogens (primary N) is 1. The number of halogens is 2. The Morgan fingerprint density at radius 2 is 2.05 bits per heavy atom. The Hall–Kier alpha value is -1.38. The van der Waals surface area contributed by atoms with E-state index in [0.29, 0.717) is 0 Å². The van der Waals surface area contributed by atoms with Gasteiger partial charge in [0.05, 0.1) is 17.5 Å². The third-order valence-electron chi connectivity index (χ3n) is 3.60. The maximum Gasteiger partial charge on any atom is 0.256 e. The Bertz CT molecular complexity index is 711. The molecule has 0 bridgehead atoms. The molecule has 22 heavy (non-hydrogen) atoms. The molecule has 0 saturated carbocycles. The van der Waals surface area contributed by atoms with E-state index in [4.69, 9.17) is 17.3 Å². The minimum atomic E-state index is -3.32. The molecule has 6 nitrogen and oxygen atoms in total. The number of nitrogen functional groups attached to an aromatic ring is 1. The first-order chi connectivity index (χ1) is 10.1. The van der Waals surface area contributed by atoms with Gasteiger partial charge in [-0.15, -0.1) is 0 Å². The van der Waals surface area contributed by atoms with Crippen LogP contribution in [0.15, 0.2) is 12.1 Å². The van der Waals surface area contributed by atoms with E-state index in [1.54, 1.807) is 6.92 Å². The summed E-state index contributed by atoms with van der Waals surface area (Å²) >= 11 is 5.76. The number of anilines is 1. The lowest BCUT2D eigenvalue weighted by molar-refractivity contribution is 0.0643. The van der Waals surface area contributed by atoms with E-state index in [1.165, 1.54) is 15.3 Å². The first kappa shape index (κ1) is 17.0. The fraction of sp³-hybridized carbons (Fsp3) is 0.462. The smallest absolute Gasteiger partial charge is 0.256 e. The first-order valence-electron chi connectivity index (χ1n) is 6.62. The molecule has 1 aliphatic rings. The van der Waals surface area contributed by atoms with Crippen LogP contribution in [0.25, 0.3) is 0 Å². The average molecular weight is 350 g/mol. The van der Waals surface area contributed by atoms with E-state index >= 15 is 0 Å². The lowest BCUT2D eigenvalue weighted by Gasteiger charge is -2.38. The molecule has 2 N–H and O–H groups in total. The van der Waals surface area contributed by atoms with Gasteiger partial charge in [-0.2, -0.15) is 4.31 Å². The van der Waals surface area contributed by atoms with Gasteiger partial charge in [-0.05, 0) is 19.1 Å². The molecule has 1 aliphatic heterocycles. The highest BCUT2D eigenvalue weighted by Gasteiger charge is 2.33. The molecule has 1 atom stereocenters. The predicted octanol–water partition coefficient (Wildman–Crippen LogP) is 1.17. The maximum absolute atomic E-state index is 13.6. The topological polar surface area (TPSA) is 83.7 Å². The van der Waals surface area contributed by atoms with Gasteiger partial charge in [0.25, 0.3) is 5.91 Å². The predicted molar refractivity (Wildman–Crippen MR) is 82.7 cm³/mol. The molecule has 0 aliphatic carbocycles. The molecule has 1 aromatic carbocycles. The van der Waals surface area contributed by atoms with Gasteiger partial charge >= 0.3 is 0 Å². The van der Waals surface area contributed by atoms with Crippen LogP contribution in [-0.2, 0) is 10.0 Å². The van der Waals surface area contributed by atoms with Crippen molar-refractivity contribution in [3.63, 3.8) is 0 Å².